The highest BCUT2D eigenvalue weighted by atomic mass is 16.5. The Balaban J connectivity index is 1.27. The number of nitrogens with zero attached hydrogens (tertiary/aromatic N) is 1. The van der Waals surface area contributed by atoms with Gasteiger partial charge in [-0.25, -0.2) is 4.79 Å². The molecule has 1 saturated carbocycles. The molecular weight excluding hydrogens is 432 g/mol. The number of hydrogen-bond acceptors (Lipinski definition) is 4. The number of hydrogen-bond donors (Lipinski definition) is 2. The predicted molar refractivity (Wildman–Crippen MR) is 126 cm³/mol. The van der Waals surface area contributed by atoms with Crippen molar-refractivity contribution in [3.05, 3.63) is 59.7 Å². The number of alkyl carbamates (subject to hydrolysis) is 1. The first-order chi connectivity index (χ1) is 16.3. The molecule has 3 unspecified atom stereocenters. The number of carboxylic acids is 1. The van der Waals surface area contributed by atoms with Gasteiger partial charge in [-0.2, -0.15) is 0 Å². The van der Waals surface area contributed by atoms with Crippen molar-refractivity contribution in [2.45, 2.75) is 44.6 Å². The second-order valence-electron chi connectivity index (χ2n) is 10.1. The van der Waals surface area contributed by atoms with Crippen molar-refractivity contribution < 1.29 is 24.2 Å². The van der Waals surface area contributed by atoms with Crippen LogP contribution in [0.2, 0.25) is 0 Å². The summed E-state index contributed by atoms with van der Waals surface area (Å²) in [6.45, 7) is 4.46. The number of carbonyl (C=O) groups excluding carboxylic acids is 2. The summed E-state index contributed by atoms with van der Waals surface area (Å²) in [5.74, 6) is -1.13. The molecule has 3 aliphatic rings. The molecule has 0 bridgehead atoms. The smallest absolute Gasteiger partial charge is 0.408 e. The standard InChI is InChI=1S/C27H30N2O5/c1-3-12-26(2,23(30)29-14-17-13-27(17,16-29)24(31)32)28-25(33)34-15-22-20-10-6-4-8-18(20)19-9-5-7-11-21(19)22/h4-11,17,22H,3,12-16H2,1-2H3,(H,28,33)(H,31,32). The monoisotopic (exact) mass is 462 g/mol. The van der Waals surface area contributed by atoms with Gasteiger partial charge in [0.15, 0.2) is 0 Å². The minimum atomic E-state index is -1.15. The lowest BCUT2D eigenvalue weighted by Crippen LogP contribution is -2.58. The molecule has 0 spiro atoms. The van der Waals surface area contributed by atoms with E-state index >= 15 is 0 Å². The van der Waals surface area contributed by atoms with E-state index in [1.165, 1.54) is 0 Å². The first-order valence-electron chi connectivity index (χ1n) is 11.9. The molecule has 5 rings (SSSR count). The first-order valence-corrected chi connectivity index (χ1v) is 11.9. The quantitative estimate of drug-likeness (QED) is 0.648. The zero-order valence-corrected chi connectivity index (χ0v) is 19.5. The zero-order valence-electron chi connectivity index (χ0n) is 19.5. The minimum absolute atomic E-state index is 0.00859. The van der Waals surface area contributed by atoms with Gasteiger partial charge in [-0.15, -0.1) is 0 Å². The van der Waals surface area contributed by atoms with E-state index in [0.717, 1.165) is 22.3 Å². The number of ether oxygens (including phenoxy) is 1. The SMILES string of the molecule is CCCC(C)(NC(=O)OCC1c2ccccc2-c2ccccc21)C(=O)N1CC2CC2(C(=O)O)C1. The lowest BCUT2D eigenvalue weighted by molar-refractivity contribution is -0.144. The number of carboxylic acid groups (broad SMARTS) is 1. The van der Waals surface area contributed by atoms with E-state index in [-0.39, 0.29) is 30.9 Å². The summed E-state index contributed by atoms with van der Waals surface area (Å²) in [5, 5.41) is 12.4. The van der Waals surface area contributed by atoms with E-state index in [1.807, 2.05) is 31.2 Å². The number of rotatable bonds is 7. The van der Waals surface area contributed by atoms with E-state index in [2.05, 4.69) is 29.6 Å². The number of aliphatic carboxylic acids is 1. The zero-order chi connectivity index (χ0) is 24.1. The van der Waals surface area contributed by atoms with Gasteiger partial charge in [0.2, 0.25) is 5.91 Å². The van der Waals surface area contributed by atoms with Gasteiger partial charge in [-0.3, -0.25) is 9.59 Å². The molecule has 2 fully saturated rings. The second kappa shape index (κ2) is 8.15. The molecule has 0 aromatic heterocycles. The van der Waals surface area contributed by atoms with Crippen LogP contribution in [-0.4, -0.2) is 53.2 Å². The van der Waals surface area contributed by atoms with Crippen molar-refractivity contribution in [1.82, 2.24) is 10.2 Å². The average Bonchev–Trinajstić information content (AvgIpc) is 3.25. The molecule has 2 aliphatic carbocycles. The minimum Gasteiger partial charge on any atom is -0.481 e. The number of benzene rings is 2. The Labute approximate surface area is 199 Å². The molecule has 0 radical (unpaired) electrons. The molecule has 2 amide bonds. The maximum atomic E-state index is 13.4. The molecule has 1 heterocycles. The molecule has 178 valence electrons. The third kappa shape index (κ3) is 3.54. The van der Waals surface area contributed by atoms with Crippen LogP contribution in [0.15, 0.2) is 48.5 Å². The van der Waals surface area contributed by atoms with Crippen LogP contribution in [0, 0.1) is 11.3 Å². The molecule has 2 aromatic carbocycles. The molecule has 1 aliphatic heterocycles. The van der Waals surface area contributed by atoms with Crippen LogP contribution >= 0.6 is 0 Å². The third-order valence-electron chi connectivity index (χ3n) is 7.80. The Morgan fingerprint density at radius 2 is 1.74 bits per heavy atom. The van der Waals surface area contributed by atoms with Gasteiger partial charge in [-0.05, 0) is 47.9 Å². The van der Waals surface area contributed by atoms with Crippen LogP contribution in [0.4, 0.5) is 4.79 Å². The number of likely N-dealkylation sites (tertiary alicyclic amines) is 1. The van der Waals surface area contributed by atoms with Crippen LogP contribution in [0.1, 0.15) is 50.2 Å². The normalized spacial score (nSPS) is 23.9. The predicted octanol–water partition coefficient (Wildman–Crippen LogP) is 4.02. The van der Waals surface area contributed by atoms with Gasteiger partial charge in [-0.1, -0.05) is 61.9 Å². The van der Waals surface area contributed by atoms with Gasteiger partial charge >= 0.3 is 12.1 Å². The summed E-state index contributed by atoms with van der Waals surface area (Å²) in [5.41, 5.74) is 2.61. The lowest BCUT2D eigenvalue weighted by Gasteiger charge is -2.34. The fourth-order valence-corrected chi connectivity index (χ4v) is 5.90. The molecule has 3 atom stereocenters. The van der Waals surface area contributed by atoms with Crippen molar-refractivity contribution in [3.63, 3.8) is 0 Å². The largest absolute Gasteiger partial charge is 0.481 e. The highest BCUT2D eigenvalue weighted by molar-refractivity contribution is 5.91. The van der Waals surface area contributed by atoms with Crippen LogP contribution in [0.5, 0.6) is 0 Å². The summed E-state index contributed by atoms with van der Waals surface area (Å²) in [6, 6.07) is 16.3. The maximum absolute atomic E-state index is 13.4. The number of nitrogens with one attached hydrogen (secondary N) is 1. The molecule has 2 N–H and O–H groups in total. The highest BCUT2D eigenvalue weighted by Gasteiger charge is 2.66. The summed E-state index contributed by atoms with van der Waals surface area (Å²) in [4.78, 5) is 39.5. The van der Waals surface area contributed by atoms with Gasteiger partial charge < -0.3 is 20.1 Å². The van der Waals surface area contributed by atoms with Crippen LogP contribution in [0.3, 0.4) is 0 Å². The molecule has 34 heavy (non-hydrogen) atoms. The van der Waals surface area contributed by atoms with Gasteiger partial charge in [0.25, 0.3) is 0 Å². The van der Waals surface area contributed by atoms with Gasteiger partial charge in [0, 0.05) is 19.0 Å². The second-order valence-corrected chi connectivity index (χ2v) is 10.1. The van der Waals surface area contributed by atoms with Crippen LogP contribution in [-0.2, 0) is 14.3 Å². The van der Waals surface area contributed by atoms with Gasteiger partial charge in [0.1, 0.15) is 12.1 Å². The molecular formula is C27H30N2O5. The Morgan fingerprint density at radius 1 is 1.12 bits per heavy atom. The molecule has 7 nitrogen and oxygen atoms in total. The third-order valence-corrected chi connectivity index (χ3v) is 7.80. The maximum Gasteiger partial charge on any atom is 0.408 e. The lowest BCUT2D eigenvalue weighted by atomic mass is 9.94. The van der Waals surface area contributed by atoms with Crippen LogP contribution < -0.4 is 5.32 Å². The Bertz CT molecular complexity index is 1120. The van der Waals surface area contributed by atoms with Crippen molar-refractivity contribution in [1.29, 1.82) is 0 Å². The summed E-state index contributed by atoms with van der Waals surface area (Å²) in [7, 11) is 0. The summed E-state index contributed by atoms with van der Waals surface area (Å²) in [6.07, 6.45) is 1.12. The number of carbonyl (C=O) groups is 3. The number of piperidine rings is 1. The van der Waals surface area contributed by atoms with Crippen LogP contribution in [0.25, 0.3) is 11.1 Å². The average molecular weight is 463 g/mol. The van der Waals surface area contributed by atoms with E-state index in [4.69, 9.17) is 4.74 Å². The fraction of sp³-hybridized carbons (Fsp3) is 0.444. The Hall–Kier alpha value is -3.35. The first kappa shape index (κ1) is 22.4. The van der Waals surface area contributed by atoms with Crippen molar-refractivity contribution in [2.24, 2.45) is 11.3 Å². The van der Waals surface area contributed by atoms with E-state index in [0.29, 0.717) is 25.8 Å². The molecule has 1 saturated heterocycles. The van der Waals surface area contributed by atoms with E-state index in [9.17, 15) is 19.5 Å². The highest BCUT2D eigenvalue weighted by Crippen LogP contribution is 2.58. The van der Waals surface area contributed by atoms with Crippen molar-refractivity contribution >= 4 is 18.0 Å². The number of amides is 2. The van der Waals surface area contributed by atoms with E-state index in [1.54, 1.807) is 11.8 Å². The molecule has 2 aromatic rings. The van der Waals surface area contributed by atoms with E-state index < -0.39 is 23.0 Å². The topological polar surface area (TPSA) is 95.9 Å². The fourth-order valence-electron chi connectivity index (χ4n) is 5.90. The van der Waals surface area contributed by atoms with Crippen molar-refractivity contribution in [2.75, 3.05) is 19.7 Å². The molecule has 7 heteroatoms. The number of fused-ring (bicyclic) bond motifs is 4. The van der Waals surface area contributed by atoms with Crippen molar-refractivity contribution in [3.8, 4) is 11.1 Å². The Morgan fingerprint density at radius 3 is 2.29 bits per heavy atom. The summed E-state index contributed by atoms with van der Waals surface area (Å²) >= 11 is 0. The summed E-state index contributed by atoms with van der Waals surface area (Å²) < 4.78 is 5.67. The Kier molecular flexibility index (Phi) is 5.38. The van der Waals surface area contributed by atoms with Gasteiger partial charge in [0.05, 0.1) is 5.41 Å².